The number of amides is 1. The molecule has 3 N–H and O–H groups in total. The van der Waals surface area contributed by atoms with Crippen molar-refractivity contribution in [2.24, 2.45) is 11.1 Å². The number of rotatable bonds is 7. The van der Waals surface area contributed by atoms with Crippen molar-refractivity contribution >= 4 is 31.9 Å². The number of halogens is 1. The summed E-state index contributed by atoms with van der Waals surface area (Å²) in [6.45, 7) is 1.56. The number of hydrogen-bond acceptors (Lipinski definition) is 4. The average molecular weight is 377 g/mol. The molecule has 1 fully saturated rings. The molecule has 0 aromatic heterocycles. The van der Waals surface area contributed by atoms with E-state index in [1.807, 2.05) is 0 Å². The third kappa shape index (κ3) is 5.39. The van der Waals surface area contributed by atoms with E-state index < -0.39 is 10.0 Å². The van der Waals surface area contributed by atoms with Gasteiger partial charge in [-0.3, -0.25) is 4.79 Å². The number of carbonyl (C=O) groups is 1. The first-order valence-corrected chi connectivity index (χ1v) is 8.89. The van der Waals surface area contributed by atoms with Gasteiger partial charge in [0.2, 0.25) is 10.0 Å². The molecule has 1 saturated carbocycles. The second kappa shape index (κ2) is 6.87. The molecule has 0 bridgehead atoms. The first kappa shape index (κ1) is 16.4. The lowest BCUT2D eigenvalue weighted by atomic mass is 10.2. The van der Waals surface area contributed by atoms with Gasteiger partial charge in [0, 0.05) is 23.2 Å². The third-order valence-electron chi connectivity index (χ3n) is 3.04. The highest BCUT2D eigenvalue weighted by atomic mass is 79.9. The van der Waals surface area contributed by atoms with Gasteiger partial charge >= 0.3 is 0 Å². The number of sulfonamides is 1. The van der Waals surface area contributed by atoms with Crippen molar-refractivity contribution in [1.29, 1.82) is 0 Å². The highest BCUT2D eigenvalue weighted by Crippen LogP contribution is 2.28. The van der Waals surface area contributed by atoms with Crippen molar-refractivity contribution < 1.29 is 17.9 Å². The average Bonchev–Trinajstić information content (AvgIpc) is 3.20. The van der Waals surface area contributed by atoms with Crippen molar-refractivity contribution in [3.8, 4) is 0 Å². The fraction of sp³-hybridized carbons (Fsp3) is 0.462. The zero-order chi connectivity index (χ0) is 15.5. The molecule has 0 heterocycles. The van der Waals surface area contributed by atoms with Gasteiger partial charge in [-0.2, -0.15) is 0 Å². The summed E-state index contributed by atoms with van der Waals surface area (Å²) in [5.74, 6) is 0.319. The van der Waals surface area contributed by atoms with E-state index in [9.17, 15) is 13.2 Å². The lowest BCUT2D eigenvalue weighted by molar-refractivity contribution is 0.0906. The van der Waals surface area contributed by atoms with Crippen LogP contribution >= 0.6 is 15.9 Å². The molecule has 0 unspecified atom stereocenters. The summed E-state index contributed by atoms with van der Waals surface area (Å²) in [4.78, 5) is 11.9. The Balaban J connectivity index is 1.90. The number of primary sulfonamides is 1. The van der Waals surface area contributed by atoms with Gasteiger partial charge in [-0.1, -0.05) is 15.9 Å². The van der Waals surface area contributed by atoms with Crippen LogP contribution < -0.4 is 10.5 Å². The lowest BCUT2D eigenvalue weighted by Crippen LogP contribution is -2.27. The summed E-state index contributed by atoms with van der Waals surface area (Å²) in [5, 5.41) is 7.75. The number of carbonyl (C=O) groups excluding carboxylic acids is 1. The van der Waals surface area contributed by atoms with Gasteiger partial charge in [-0.25, -0.2) is 13.6 Å². The van der Waals surface area contributed by atoms with Crippen molar-refractivity contribution in [2.45, 2.75) is 17.7 Å². The zero-order valence-corrected chi connectivity index (χ0v) is 13.7. The molecule has 1 aliphatic carbocycles. The standard InChI is InChI=1S/C13H17BrN2O4S/c14-11-5-10(6-12(7-11)21(15,18)19)13(17)16-3-4-20-8-9-1-2-9/h5-7,9H,1-4,8H2,(H,16,17)(H2,15,18,19). The summed E-state index contributed by atoms with van der Waals surface area (Å²) < 4.78 is 28.5. The SMILES string of the molecule is NS(=O)(=O)c1cc(Br)cc(C(=O)NCCOCC2CC2)c1. The molecule has 0 radical (unpaired) electrons. The van der Waals surface area contributed by atoms with Crippen molar-refractivity contribution in [1.82, 2.24) is 5.32 Å². The minimum Gasteiger partial charge on any atom is -0.379 e. The first-order valence-electron chi connectivity index (χ1n) is 6.55. The normalized spacial score (nSPS) is 15.0. The molecule has 1 amide bonds. The summed E-state index contributed by atoms with van der Waals surface area (Å²) in [6, 6.07) is 4.14. The minimum absolute atomic E-state index is 0.105. The van der Waals surface area contributed by atoms with Crippen LogP contribution in [0.2, 0.25) is 0 Å². The van der Waals surface area contributed by atoms with Crippen LogP contribution in [0.5, 0.6) is 0 Å². The lowest BCUT2D eigenvalue weighted by Gasteiger charge is -2.08. The maximum absolute atomic E-state index is 12.0. The van der Waals surface area contributed by atoms with E-state index >= 15 is 0 Å². The number of ether oxygens (including phenoxy) is 1. The second-order valence-electron chi connectivity index (χ2n) is 4.99. The predicted molar refractivity (Wildman–Crippen MR) is 81.4 cm³/mol. The van der Waals surface area contributed by atoms with Crippen molar-refractivity contribution in [3.63, 3.8) is 0 Å². The van der Waals surface area contributed by atoms with Gasteiger partial charge in [0.05, 0.1) is 11.5 Å². The summed E-state index contributed by atoms with van der Waals surface area (Å²) in [7, 11) is -3.85. The van der Waals surface area contributed by atoms with E-state index in [4.69, 9.17) is 9.88 Å². The molecule has 2 rings (SSSR count). The van der Waals surface area contributed by atoms with Gasteiger partial charge in [0.1, 0.15) is 0 Å². The molecule has 8 heteroatoms. The topological polar surface area (TPSA) is 98.5 Å². The van der Waals surface area contributed by atoms with E-state index in [2.05, 4.69) is 21.2 Å². The summed E-state index contributed by atoms with van der Waals surface area (Å²) >= 11 is 3.16. The van der Waals surface area contributed by atoms with Crippen LogP contribution in [0, 0.1) is 5.92 Å². The molecular weight excluding hydrogens is 360 g/mol. The Kier molecular flexibility index (Phi) is 5.37. The summed E-state index contributed by atoms with van der Waals surface area (Å²) in [6.07, 6.45) is 2.45. The van der Waals surface area contributed by atoms with E-state index in [1.165, 1.54) is 31.0 Å². The maximum atomic E-state index is 12.0. The minimum atomic E-state index is -3.85. The van der Waals surface area contributed by atoms with E-state index in [1.54, 1.807) is 0 Å². The highest BCUT2D eigenvalue weighted by Gasteiger charge is 2.21. The van der Waals surface area contributed by atoms with Gasteiger partial charge in [-0.05, 0) is 37.0 Å². The largest absolute Gasteiger partial charge is 0.379 e. The Bertz CT molecular complexity index is 629. The van der Waals surface area contributed by atoms with Crippen LogP contribution in [0.1, 0.15) is 23.2 Å². The van der Waals surface area contributed by atoms with Gasteiger partial charge < -0.3 is 10.1 Å². The van der Waals surface area contributed by atoms with Crippen LogP contribution in [-0.2, 0) is 14.8 Å². The van der Waals surface area contributed by atoms with E-state index in [0.717, 1.165) is 6.61 Å². The van der Waals surface area contributed by atoms with Crippen LogP contribution in [0.25, 0.3) is 0 Å². The van der Waals surface area contributed by atoms with Gasteiger partial charge in [-0.15, -0.1) is 0 Å². The van der Waals surface area contributed by atoms with Crippen LogP contribution in [-0.4, -0.2) is 34.1 Å². The van der Waals surface area contributed by atoms with Crippen molar-refractivity contribution in [2.75, 3.05) is 19.8 Å². The molecule has 0 aliphatic heterocycles. The smallest absolute Gasteiger partial charge is 0.251 e. The Morgan fingerprint density at radius 3 is 2.71 bits per heavy atom. The van der Waals surface area contributed by atoms with Crippen molar-refractivity contribution in [3.05, 3.63) is 28.2 Å². The van der Waals surface area contributed by atoms with Gasteiger partial charge in [0.15, 0.2) is 0 Å². The second-order valence-corrected chi connectivity index (χ2v) is 7.47. The Morgan fingerprint density at radius 1 is 1.38 bits per heavy atom. The number of hydrogen-bond donors (Lipinski definition) is 2. The quantitative estimate of drug-likeness (QED) is 0.699. The molecule has 6 nitrogen and oxygen atoms in total. The zero-order valence-electron chi connectivity index (χ0n) is 11.3. The van der Waals surface area contributed by atoms with Crippen LogP contribution in [0.4, 0.5) is 0 Å². The molecule has 1 aliphatic rings. The summed E-state index contributed by atoms with van der Waals surface area (Å²) in [5.41, 5.74) is 0.232. The molecular formula is C13H17BrN2O4S. The Hall–Kier alpha value is -0.960. The fourth-order valence-corrected chi connectivity index (χ4v) is 2.96. The number of nitrogens with one attached hydrogen (secondary N) is 1. The molecule has 0 atom stereocenters. The van der Waals surface area contributed by atoms with Crippen LogP contribution in [0.3, 0.4) is 0 Å². The molecule has 21 heavy (non-hydrogen) atoms. The maximum Gasteiger partial charge on any atom is 0.251 e. The molecule has 0 spiro atoms. The molecule has 116 valence electrons. The molecule has 1 aromatic rings. The molecule has 1 aromatic carbocycles. The first-order chi connectivity index (χ1) is 9.86. The van der Waals surface area contributed by atoms with E-state index in [0.29, 0.717) is 23.5 Å². The predicted octanol–water partition coefficient (Wildman–Crippen LogP) is 1.25. The highest BCUT2D eigenvalue weighted by molar-refractivity contribution is 9.10. The number of benzene rings is 1. The van der Waals surface area contributed by atoms with E-state index in [-0.39, 0.29) is 16.4 Å². The Morgan fingerprint density at radius 2 is 2.10 bits per heavy atom. The third-order valence-corrected chi connectivity index (χ3v) is 4.40. The fourth-order valence-electron chi connectivity index (χ4n) is 1.73. The number of nitrogens with two attached hydrogens (primary N) is 1. The van der Waals surface area contributed by atoms with Gasteiger partial charge in [0.25, 0.3) is 5.91 Å². The monoisotopic (exact) mass is 376 g/mol. The van der Waals surface area contributed by atoms with Crippen LogP contribution in [0.15, 0.2) is 27.6 Å². The molecule has 0 saturated heterocycles. The Labute approximate surface area is 132 Å².